The van der Waals surface area contributed by atoms with Crippen LogP contribution in [0.1, 0.15) is 13.8 Å². The van der Waals surface area contributed by atoms with Crippen LogP contribution in [0.15, 0.2) is 61.2 Å². The minimum atomic E-state index is -0.408. The van der Waals surface area contributed by atoms with Crippen molar-refractivity contribution in [3.63, 3.8) is 0 Å². The van der Waals surface area contributed by atoms with Gasteiger partial charge in [-0.15, -0.1) is 0 Å². The summed E-state index contributed by atoms with van der Waals surface area (Å²) in [6, 6.07) is 10.0. The number of nitrogens with one attached hydrogen (secondary N) is 3. The SMILES string of the molecule is COc1cc(F)cc(-c2ccnc3nc(-c4n[nH]c5cnc(-c6cncc(NC(=O)C(C)C)c6)cc45)[nH]c23)c1. The average molecular weight is 523 g/mol. The molecule has 6 aromatic rings. The maximum atomic E-state index is 14.2. The van der Waals surface area contributed by atoms with Crippen molar-refractivity contribution in [2.75, 3.05) is 12.4 Å². The Labute approximate surface area is 221 Å². The highest BCUT2D eigenvalue weighted by Gasteiger charge is 2.18. The Morgan fingerprint density at radius 2 is 1.92 bits per heavy atom. The zero-order valence-electron chi connectivity index (χ0n) is 21.3. The monoisotopic (exact) mass is 522 g/mol. The van der Waals surface area contributed by atoms with Crippen LogP contribution in [0.4, 0.5) is 10.1 Å². The van der Waals surface area contributed by atoms with E-state index in [0.717, 1.165) is 22.0 Å². The zero-order chi connectivity index (χ0) is 27.1. The molecule has 6 rings (SSSR count). The second-order valence-electron chi connectivity index (χ2n) is 9.32. The fourth-order valence-corrected chi connectivity index (χ4v) is 4.29. The van der Waals surface area contributed by atoms with Crippen LogP contribution in [0.3, 0.4) is 0 Å². The van der Waals surface area contributed by atoms with Crippen molar-refractivity contribution in [3.05, 3.63) is 67.0 Å². The molecule has 5 heterocycles. The quantitative estimate of drug-likeness (QED) is 0.268. The maximum Gasteiger partial charge on any atom is 0.226 e. The van der Waals surface area contributed by atoms with Crippen molar-refractivity contribution in [2.24, 2.45) is 5.92 Å². The number of hydrogen-bond acceptors (Lipinski definition) is 7. The van der Waals surface area contributed by atoms with E-state index in [0.29, 0.717) is 45.4 Å². The molecule has 0 unspecified atom stereocenters. The second kappa shape index (κ2) is 9.60. The second-order valence-corrected chi connectivity index (χ2v) is 9.32. The molecule has 10 nitrogen and oxygen atoms in total. The Morgan fingerprint density at radius 3 is 2.74 bits per heavy atom. The summed E-state index contributed by atoms with van der Waals surface area (Å²) in [4.78, 5) is 33.3. The smallest absolute Gasteiger partial charge is 0.226 e. The number of amides is 1. The van der Waals surface area contributed by atoms with Crippen LogP contribution >= 0.6 is 0 Å². The molecule has 39 heavy (non-hydrogen) atoms. The summed E-state index contributed by atoms with van der Waals surface area (Å²) < 4.78 is 19.5. The van der Waals surface area contributed by atoms with Gasteiger partial charge in [-0.05, 0) is 35.9 Å². The summed E-state index contributed by atoms with van der Waals surface area (Å²) in [5.41, 5.74) is 5.73. The number of pyridine rings is 3. The van der Waals surface area contributed by atoms with Crippen LogP contribution in [0.2, 0.25) is 0 Å². The number of carbonyl (C=O) groups is 1. The van der Waals surface area contributed by atoms with Crippen molar-refractivity contribution in [1.82, 2.24) is 35.1 Å². The maximum absolute atomic E-state index is 14.2. The summed E-state index contributed by atoms with van der Waals surface area (Å²) in [7, 11) is 1.49. The molecule has 5 aromatic heterocycles. The Balaban J connectivity index is 1.41. The predicted octanol–water partition coefficient (Wildman–Crippen LogP) is 5.37. The molecule has 0 bridgehead atoms. The third kappa shape index (κ3) is 4.54. The minimum absolute atomic E-state index is 0.0935. The van der Waals surface area contributed by atoms with Gasteiger partial charge < -0.3 is 15.0 Å². The van der Waals surface area contributed by atoms with Crippen LogP contribution in [0.5, 0.6) is 5.75 Å². The van der Waals surface area contributed by atoms with Crippen molar-refractivity contribution >= 4 is 33.7 Å². The molecule has 0 saturated carbocycles. The number of ether oxygens (including phenoxy) is 1. The highest BCUT2D eigenvalue weighted by atomic mass is 19.1. The van der Waals surface area contributed by atoms with Crippen LogP contribution in [-0.2, 0) is 4.79 Å². The van der Waals surface area contributed by atoms with Gasteiger partial charge >= 0.3 is 0 Å². The third-order valence-corrected chi connectivity index (χ3v) is 6.31. The standard InChI is InChI=1S/C28H23FN8O2/c1-14(2)28(38)33-18-7-16(11-30-12-18)22-10-21-23(13-32-22)36-37-25(21)27-34-24-20(4-5-31-26(24)35-27)15-6-17(29)9-19(8-15)39-3/h4-14H,1-3H3,(H,33,38)(H,36,37)(H,31,34,35). The molecule has 0 saturated heterocycles. The lowest BCUT2D eigenvalue weighted by molar-refractivity contribution is -0.118. The van der Waals surface area contributed by atoms with E-state index < -0.39 is 5.82 Å². The largest absolute Gasteiger partial charge is 0.497 e. The number of imidazole rings is 1. The normalized spacial score (nSPS) is 11.4. The molecule has 0 atom stereocenters. The van der Waals surface area contributed by atoms with Gasteiger partial charge in [-0.1, -0.05) is 13.8 Å². The van der Waals surface area contributed by atoms with Crippen molar-refractivity contribution in [2.45, 2.75) is 13.8 Å². The number of fused-ring (bicyclic) bond motifs is 2. The molecule has 0 radical (unpaired) electrons. The Bertz CT molecular complexity index is 1860. The lowest BCUT2D eigenvalue weighted by Crippen LogP contribution is -2.17. The number of nitrogens with zero attached hydrogens (tertiary/aromatic N) is 5. The van der Waals surface area contributed by atoms with Crippen LogP contribution in [0, 0.1) is 11.7 Å². The summed E-state index contributed by atoms with van der Waals surface area (Å²) in [6.45, 7) is 3.65. The summed E-state index contributed by atoms with van der Waals surface area (Å²) in [5, 5.41) is 11.1. The van der Waals surface area contributed by atoms with Crippen LogP contribution in [-0.4, -0.2) is 48.1 Å². The molecule has 1 aromatic carbocycles. The number of anilines is 1. The van der Waals surface area contributed by atoms with E-state index in [2.05, 4.69) is 40.4 Å². The average Bonchev–Trinajstić information content (AvgIpc) is 3.56. The van der Waals surface area contributed by atoms with E-state index in [1.165, 1.54) is 19.2 Å². The lowest BCUT2D eigenvalue weighted by atomic mass is 10.1. The van der Waals surface area contributed by atoms with Crippen molar-refractivity contribution in [3.8, 4) is 39.7 Å². The molecule has 3 N–H and O–H groups in total. The number of H-pyrrole nitrogens is 2. The summed E-state index contributed by atoms with van der Waals surface area (Å²) >= 11 is 0. The molecular formula is C28H23FN8O2. The molecule has 194 valence electrons. The first kappa shape index (κ1) is 24.2. The van der Waals surface area contributed by atoms with E-state index in [9.17, 15) is 9.18 Å². The van der Waals surface area contributed by atoms with Crippen LogP contribution in [0.25, 0.3) is 56.0 Å². The molecule has 11 heteroatoms. The van der Waals surface area contributed by atoms with Gasteiger partial charge in [-0.3, -0.25) is 19.9 Å². The minimum Gasteiger partial charge on any atom is -0.497 e. The van der Waals surface area contributed by atoms with E-state index in [4.69, 9.17) is 4.74 Å². The van der Waals surface area contributed by atoms with Gasteiger partial charge in [0.05, 0.1) is 41.9 Å². The van der Waals surface area contributed by atoms with E-state index in [-0.39, 0.29) is 11.8 Å². The Hall–Kier alpha value is -5.19. The molecule has 0 aliphatic rings. The zero-order valence-corrected chi connectivity index (χ0v) is 21.3. The van der Waals surface area contributed by atoms with Gasteiger partial charge in [0.15, 0.2) is 11.5 Å². The van der Waals surface area contributed by atoms with E-state index in [1.54, 1.807) is 36.9 Å². The van der Waals surface area contributed by atoms with Gasteiger partial charge in [0.2, 0.25) is 5.91 Å². The molecule has 1 amide bonds. The summed E-state index contributed by atoms with van der Waals surface area (Å²) in [5.74, 6) is 0.250. The number of halogens is 1. The topological polar surface area (TPSA) is 134 Å². The van der Waals surface area contributed by atoms with Gasteiger partial charge in [-0.2, -0.15) is 5.10 Å². The highest BCUT2D eigenvalue weighted by molar-refractivity contribution is 5.97. The van der Waals surface area contributed by atoms with Gasteiger partial charge in [0, 0.05) is 40.9 Å². The first-order valence-corrected chi connectivity index (χ1v) is 12.2. The first-order valence-electron chi connectivity index (χ1n) is 12.2. The fourth-order valence-electron chi connectivity index (χ4n) is 4.29. The number of aromatic amines is 2. The third-order valence-electron chi connectivity index (χ3n) is 6.31. The molecule has 0 fully saturated rings. The van der Waals surface area contributed by atoms with Gasteiger partial charge in [0.25, 0.3) is 0 Å². The first-order chi connectivity index (χ1) is 18.9. The number of rotatable bonds is 6. The lowest BCUT2D eigenvalue weighted by Gasteiger charge is -2.08. The van der Waals surface area contributed by atoms with E-state index >= 15 is 0 Å². The molecule has 0 aliphatic heterocycles. The number of hydrogen-bond donors (Lipinski definition) is 3. The molecular weight excluding hydrogens is 499 g/mol. The predicted molar refractivity (Wildman–Crippen MR) is 145 cm³/mol. The molecule has 0 spiro atoms. The fraction of sp³-hybridized carbons (Fsp3) is 0.143. The molecule has 0 aliphatic carbocycles. The summed E-state index contributed by atoms with van der Waals surface area (Å²) in [6.07, 6.45) is 6.59. The Morgan fingerprint density at radius 1 is 1.05 bits per heavy atom. The number of benzene rings is 1. The van der Waals surface area contributed by atoms with Crippen LogP contribution < -0.4 is 10.1 Å². The number of aromatic nitrogens is 7. The van der Waals surface area contributed by atoms with Crippen molar-refractivity contribution < 1.29 is 13.9 Å². The van der Waals surface area contributed by atoms with Gasteiger partial charge in [0.1, 0.15) is 17.3 Å². The number of methoxy groups -OCH3 is 1. The van der Waals surface area contributed by atoms with Crippen molar-refractivity contribution in [1.29, 1.82) is 0 Å². The van der Waals surface area contributed by atoms with Gasteiger partial charge in [-0.25, -0.2) is 14.4 Å². The highest BCUT2D eigenvalue weighted by Crippen LogP contribution is 2.33. The number of carbonyl (C=O) groups excluding carboxylic acids is 1. The Kier molecular flexibility index (Phi) is 5.95. The van der Waals surface area contributed by atoms with E-state index in [1.807, 2.05) is 26.0 Å².